The third kappa shape index (κ3) is 2.06. The van der Waals surface area contributed by atoms with Gasteiger partial charge in [-0.3, -0.25) is 4.90 Å². The van der Waals surface area contributed by atoms with Gasteiger partial charge in [-0.1, -0.05) is 0 Å². The van der Waals surface area contributed by atoms with Crippen molar-refractivity contribution in [3.63, 3.8) is 0 Å². The number of nitriles is 1. The number of aromatic amines is 1. The molecule has 0 spiro atoms. The monoisotopic (exact) mass is 268 g/mol. The Balaban J connectivity index is 2.26. The average Bonchev–Trinajstić information content (AvgIpc) is 2.79. The largest absolute Gasteiger partial charge is 0.343 e. The van der Waals surface area contributed by atoms with Crippen LogP contribution in [0.1, 0.15) is 30.4 Å². The Morgan fingerprint density at radius 2 is 2.20 bits per heavy atom. The van der Waals surface area contributed by atoms with E-state index >= 15 is 0 Å². The number of nitrogens with zero attached hydrogens (tertiary/aromatic N) is 3. The van der Waals surface area contributed by atoms with Crippen LogP contribution in [0, 0.1) is 18.3 Å². The van der Waals surface area contributed by atoms with E-state index in [1.165, 1.54) is 12.8 Å². The van der Waals surface area contributed by atoms with Gasteiger partial charge in [0.2, 0.25) is 0 Å². The van der Waals surface area contributed by atoms with Crippen LogP contribution < -0.4 is 0 Å². The van der Waals surface area contributed by atoms with Gasteiger partial charge in [-0.05, 0) is 48.8 Å². The fourth-order valence-electron chi connectivity index (χ4n) is 1.99. The summed E-state index contributed by atoms with van der Waals surface area (Å²) in [5, 5.41) is 9.21. The van der Waals surface area contributed by atoms with Gasteiger partial charge in [0, 0.05) is 0 Å². The highest BCUT2D eigenvalue weighted by Crippen LogP contribution is 2.28. The summed E-state index contributed by atoms with van der Waals surface area (Å²) in [7, 11) is 0. The minimum absolute atomic E-state index is 0.192. The van der Waals surface area contributed by atoms with E-state index in [0.717, 1.165) is 29.2 Å². The lowest BCUT2D eigenvalue weighted by Gasteiger charge is -2.20. The van der Waals surface area contributed by atoms with Crippen molar-refractivity contribution < 1.29 is 0 Å². The van der Waals surface area contributed by atoms with Crippen molar-refractivity contribution in [3.8, 4) is 6.07 Å². The van der Waals surface area contributed by atoms with Crippen LogP contribution in [0.5, 0.6) is 0 Å². The number of hydrogen-bond donors (Lipinski definition) is 1. The first-order valence-corrected chi connectivity index (χ1v) is 5.87. The number of hydrogen-bond acceptors (Lipinski definition) is 3. The summed E-state index contributed by atoms with van der Waals surface area (Å²) in [6.07, 6.45) is 2.37. The molecule has 1 aliphatic heterocycles. The summed E-state index contributed by atoms with van der Waals surface area (Å²) in [6, 6.07) is 2.15. The van der Waals surface area contributed by atoms with Crippen LogP contribution in [0.25, 0.3) is 0 Å². The molecule has 1 unspecified atom stereocenters. The molecule has 1 aromatic rings. The number of halogens is 1. The summed E-state index contributed by atoms with van der Waals surface area (Å²) < 4.78 is 0.762. The Bertz CT molecular complexity index is 387. The van der Waals surface area contributed by atoms with Gasteiger partial charge in [-0.15, -0.1) is 0 Å². The first-order valence-electron chi connectivity index (χ1n) is 5.08. The van der Waals surface area contributed by atoms with Gasteiger partial charge >= 0.3 is 0 Å². The maximum absolute atomic E-state index is 9.21. The van der Waals surface area contributed by atoms with Crippen LogP contribution in [0.4, 0.5) is 0 Å². The van der Waals surface area contributed by atoms with E-state index in [4.69, 9.17) is 0 Å². The molecule has 1 fully saturated rings. The fourth-order valence-corrected chi connectivity index (χ4v) is 2.57. The zero-order valence-electron chi connectivity index (χ0n) is 8.63. The Morgan fingerprint density at radius 1 is 1.53 bits per heavy atom. The van der Waals surface area contributed by atoms with Gasteiger partial charge in [0.05, 0.1) is 11.8 Å². The highest BCUT2D eigenvalue weighted by molar-refractivity contribution is 9.10. The van der Waals surface area contributed by atoms with Gasteiger partial charge in [0.15, 0.2) is 0 Å². The quantitative estimate of drug-likeness (QED) is 0.894. The number of aromatic nitrogens is 2. The number of H-pyrrole nitrogens is 1. The predicted octanol–water partition coefficient (Wildman–Crippen LogP) is 2.14. The van der Waals surface area contributed by atoms with E-state index < -0.39 is 0 Å². The van der Waals surface area contributed by atoms with E-state index in [0.29, 0.717) is 0 Å². The summed E-state index contributed by atoms with van der Waals surface area (Å²) >= 11 is 3.39. The highest BCUT2D eigenvalue weighted by Gasteiger charge is 2.26. The molecule has 0 amide bonds. The molecular formula is C10H13BrN4. The normalized spacial score (nSPS) is 19.0. The zero-order valence-corrected chi connectivity index (χ0v) is 10.2. The summed E-state index contributed by atoms with van der Waals surface area (Å²) in [4.78, 5) is 9.58. The topological polar surface area (TPSA) is 55.7 Å². The minimum atomic E-state index is -0.192. The Hall–Kier alpha value is -0.860. The maximum atomic E-state index is 9.21. The molecule has 1 N–H and O–H groups in total. The number of aryl methyl sites for hydroxylation is 1. The zero-order chi connectivity index (χ0) is 10.8. The molecule has 5 heteroatoms. The van der Waals surface area contributed by atoms with E-state index in [2.05, 4.69) is 36.9 Å². The van der Waals surface area contributed by atoms with Gasteiger partial charge in [0.25, 0.3) is 0 Å². The molecule has 2 rings (SSSR count). The van der Waals surface area contributed by atoms with E-state index in [1.807, 2.05) is 6.92 Å². The Labute approximate surface area is 97.4 Å². The predicted molar refractivity (Wildman–Crippen MR) is 60.2 cm³/mol. The minimum Gasteiger partial charge on any atom is -0.343 e. The summed E-state index contributed by atoms with van der Waals surface area (Å²) in [5.41, 5.74) is 0.886. The van der Waals surface area contributed by atoms with Crippen molar-refractivity contribution in [2.75, 3.05) is 13.1 Å². The number of rotatable bonds is 2. The van der Waals surface area contributed by atoms with Gasteiger partial charge < -0.3 is 4.98 Å². The second-order valence-electron chi connectivity index (χ2n) is 3.80. The number of likely N-dealkylation sites (tertiary alicyclic amines) is 1. The van der Waals surface area contributed by atoms with Crippen molar-refractivity contribution in [1.29, 1.82) is 5.26 Å². The second-order valence-corrected chi connectivity index (χ2v) is 4.55. The van der Waals surface area contributed by atoms with Crippen molar-refractivity contribution >= 4 is 15.9 Å². The van der Waals surface area contributed by atoms with Crippen LogP contribution in [0.15, 0.2) is 4.60 Å². The summed E-state index contributed by atoms with van der Waals surface area (Å²) in [6.45, 7) is 3.90. The van der Waals surface area contributed by atoms with E-state index in [1.54, 1.807) is 0 Å². The molecule has 80 valence electrons. The fraction of sp³-hybridized carbons (Fsp3) is 0.600. The molecular weight excluding hydrogens is 256 g/mol. The molecule has 0 radical (unpaired) electrons. The van der Waals surface area contributed by atoms with Crippen LogP contribution in [0.2, 0.25) is 0 Å². The molecule has 1 atom stereocenters. The lowest BCUT2D eigenvalue weighted by atomic mass is 10.2. The maximum Gasteiger partial charge on any atom is 0.141 e. The van der Waals surface area contributed by atoms with Gasteiger partial charge in [-0.25, -0.2) is 4.98 Å². The average molecular weight is 269 g/mol. The summed E-state index contributed by atoms with van der Waals surface area (Å²) in [5.74, 6) is 0.844. The van der Waals surface area contributed by atoms with Gasteiger partial charge in [-0.2, -0.15) is 5.26 Å². The van der Waals surface area contributed by atoms with Gasteiger partial charge in [0.1, 0.15) is 16.5 Å². The Kier molecular flexibility index (Phi) is 3.08. The SMILES string of the molecule is Cc1nc(Br)c(C(C#N)N2CCCC2)[nH]1. The molecule has 2 heterocycles. The molecule has 1 saturated heterocycles. The van der Waals surface area contributed by atoms with Crippen molar-refractivity contribution in [3.05, 3.63) is 16.1 Å². The van der Waals surface area contributed by atoms with Crippen molar-refractivity contribution in [2.24, 2.45) is 0 Å². The lowest BCUT2D eigenvalue weighted by molar-refractivity contribution is 0.289. The van der Waals surface area contributed by atoms with Crippen LogP contribution in [-0.2, 0) is 0 Å². The molecule has 15 heavy (non-hydrogen) atoms. The van der Waals surface area contributed by atoms with Crippen LogP contribution >= 0.6 is 15.9 Å². The smallest absolute Gasteiger partial charge is 0.141 e. The first-order chi connectivity index (χ1) is 7.22. The highest BCUT2D eigenvalue weighted by atomic mass is 79.9. The van der Waals surface area contributed by atoms with E-state index in [-0.39, 0.29) is 6.04 Å². The Morgan fingerprint density at radius 3 is 2.67 bits per heavy atom. The molecule has 0 aromatic carbocycles. The lowest BCUT2D eigenvalue weighted by Crippen LogP contribution is -2.25. The third-order valence-electron chi connectivity index (χ3n) is 2.71. The number of imidazole rings is 1. The van der Waals surface area contributed by atoms with Crippen molar-refractivity contribution in [1.82, 2.24) is 14.9 Å². The molecule has 1 aromatic heterocycles. The van der Waals surface area contributed by atoms with Crippen molar-refractivity contribution in [2.45, 2.75) is 25.8 Å². The van der Waals surface area contributed by atoms with E-state index in [9.17, 15) is 5.26 Å². The molecule has 0 saturated carbocycles. The molecule has 4 nitrogen and oxygen atoms in total. The molecule has 1 aliphatic rings. The van der Waals surface area contributed by atoms with Crippen LogP contribution in [-0.4, -0.2) is 28.0 Å². The second kappa shape index (κ2) is 4.33. The van der Waals surface area contributed by atoms with Crippen LogP contribution in [0.3, 0.4) is 0 Å². The third-order valence-corrected chi connectivity index (χ3v) is 3.31. The molecule has 0 bridgehead atoms. The number of nitrogens with one attached hydrogen (secondary N) is 1. The standard InChI is InChI=1S/C10H13BrN4/c1-7-13-9(10(11)14-7)8(6-12)15-4-2-3-5-15/h8H,2-5H2,1H3,(H,13,14). The molecule has 0 aliphatic carbocycles. The first kappa shape index (κ1) is 10.7.